The minimum atomic E-state index is -4.17. The molecule has 1 atom stereocenters. The highest BCUT2D eigenvalue weighted by Crippen LogP contribution is 2.27. The molecule has 0 spiro atoms. The fraction of sp³-hybridized carbons (Fsp3) is 0.286. The number of benzene rings is 3. The smallest absolute Gasteiger partial charge is 0.264 e. The molecule has 0 radical (unpaired) electrons. The van der Waals surface area contributed by atoms with Gasteiger partial charge in [-0.2, -0.15) is 0 Å². The lowest BCUT2D eigenvalue weighted by Gasteiger charge is -2.32. The molecule has 0 aliphatic rings. The number of sulfonamides is 1. The van der Waals surface area contributed by atoms with Gasteiger partial charge in [0.15, 0.2) is 0 Å². The van der Waals surface area contributed by atoms with Gasteiger partial charge in [0.1, 0.15) is 12.6 Å². The monoisotopic (exact) mass is 609 g/mol. The minimum Gasteiger partial charge on any atom is -0.354 e. The molecule has 208 valence electrons. The largest absolute Gasteiger partial charge is 0.354 e. The zero-order chi connectivity index (χ0) is 28.7. The van der Waals surface area contributed by atoms with E-state index in [4.69, 9.17) is 34.8 Å². The highest BCUT2D eigenvalue weighted by molar-refractivity contribution is 7.92. The van der Waals surface area contributed by atoms with Crippen molar-refractivity contribution in [2.75, 3.05) is 17.4 Å². The van der Waals surface area contributed by atoms with Crippen molar-refractivity contribution in [1.29, 1.82) is 0 Å². The van der Waals surface area contributed by atoms with Crippen molar-refractivity contribution in [3.63, 3.8) is 0 Å². The van der Waals surface area contributed by atoms with Crippen LogP contribution < -0.4 is 9.62 Å². The van der Waals surface area contributed by atoms with E-state index in [2.05, 4.69) is 5.32 Å². The lowest BCUT2D eigenvalue weighted by Crippen LogP contribution is -2.51. The fourth-order valence-electron chi connectivity index (χ4n) is 3.79. The Balaban J connectivity index is 2.02. The van der Waals surface area contributed by atoms with Gasteiger partial charge in [-0.25, -0.2) is 8.42 Å². The Kier molecular flexibility index (Phi) is 10.7. The first-order valence-corrected chi connectivity index (χ1v) is 14.9. The van der Waals surface area contributed by atoms with Crippen LogP contribution in [-0.2, 0) is 26.2 Å². The van der Waals surface area contributed by atoms with Crippen molar-refractivity contribution in [3.8, 4) is 0 Å². The number of amides is 2. The molecule has 3 aromatic carbocycles. The van der Waals surface area contributed by atoms with Gasteiger partial charge >= 0.3 is 0 Å². The van der Waals surface area contributed by atoms with Gasteiger partial charge in [-0.15, -0.1) is 0 Å². The summed E-state index contributed by atoms with van der Waals surface area (Å²) >= 11 is 18.2. The molecule has 0 saturated heterocycles. The van der Waals surface area contributed by atoms with Gasteiger partial charge in [-0.3, -0.25) is 13.9 Å². The summed E-state index contributed by atoms with van der Waals surface area (Å²) in [5.41, 5.74) is 1.87. The third-order valence-corrected chi connectivity index (χ3v) is 8.84. The number of halogens is 3. The Morgan fingerprint density at radius 1 is 0.923 bits per heavy atom. The van der Waals surface area contributed by atoms with E-state index < -0.39 is 28.5 Å². The quantitative estimate of drug-likeness (QED) is 0.285. The molecule has 1 N–H and O–H groups in total. The number of aryl methyl sites for hydroxylation is 1. The zero-order valence-corrected chi connectivity index (χ0v) is 24.9. The second-order valence-corrected chi connectivity index (χ2v) is 12.2. The fourth-order valence-corrected chi connectivity index (χ4v) is 5.65. The lowest BCUT2D eigenvalue weighted by molar-refractivity contribution is -0.139. The highest BCUT2D eigenvalue weighted by Gasteiger charge is 2.32. The van der Waals surface area contributed by atoms with E-state index in [1.54, 1.807) is 49.4 Å². The van der Waals surface area contributed by atoms with E-state index in [9.17, 15) is 18.0 Å². The summed E-state index contributed by atoms with van der Waals surface area (Å²) in [5, 5.41) is 3.84. The molecule has 39 heavy (non-hydrogen) atoms. The summed E-state index contributed by atoms with van der Waals surface area (Å²) in [6.07, 6.45) is 0.722. The Bertz CT molecular complexity index is 1410. The standard InChI is InChI=1S/C28H30Cl3N3O4S/c1-4-15-32-28(36)20(3)33(17-21-7-14-25(30)26(31)16-21)27(35)18-34(23-10-5-19(2)6-11-23)39(37,38)24-12-8-22(29)9-13-24/h5-14,16,20H,4,15,17-18H2,1-3H3,(H,32,36)/t20-/m1/s1. The van der Waals surface area contributed by atoms with Gasteiger partial charge in [-0.1, -0.05) is 65.5 Å². The predicted molar refractivity (Wildman–Crippen MR) is 157 cm³/mol. The Labute approximate surface area is 244 Å². The molecule has 0 heterocycles. The van der Waals surface area contributed by atoms with Crippen LogP contribution in [0.1, 0.15) is 31.4 Å². The van der Waals surface area contributed by atoms with Crippen LogP contribution >= 0.6 is 34.8 Å². The average molecular weight is 611 g/mol. The van der Waals surface area contributed by atoms with Gasteiger partial charge in [0.25, 0.3) is 10.0 Å². The van der Waals surface area contributed by atoms with Crippen LogP contribution in [0.25, 0.3) is 0 Å². The van der Waals surface area contributed by atoms with Crippen LogP contribution in [0.5, 0.6) is 0 Å². The molecule has 0 aliphatic carbocycles. The summed E-state index contributed by atoms with van der Waals surface area (Å²) in [6.45, 7) is 5.32. The zero-order valence-electron chi connectivity index (χ0n) is 21.8. The van der Waals surface area contributed by atoms with Crippen LogP contribution in [0, 0.1) is 6.92 Å². The van der Waals surface area contributed by atoms with Crippen molar-refractivity contribution in [1.82, 2.24) is 10.2 Å². The maximum absolute atomic E-state index is 13.9. The number of carbonyl (C=O) groups excluding carboxylic acids is 2. The first-order chi connectivity index (χ1) is 18.4. The van der Waals surface area contributed by atoms with Crippen molar-refractivity contribution < 1.29 is 18.0 Å². The summed E-state index contributed by atoms with van der Waals surface area (Å²) < 4.78 is 28.6. The molecule has 7 nitrogen and oxygen atoms in total. The first kappa shape index (κ1) is 30.8. The summed E-state index contributed by atoms with van der Waals surface area (Å²) in [6, 6.07) is 16.5. The van der Waals surface area contributed by atoms with E-state index in [0.717, 1.165) is 16.3 Å². The van der Waals surface area contributed by atoms with E-state index in [1.165, 1.54) is 29.2 Å². The Morgan fingerprint density at radius 2 is 1.56 bits per heavy atom. The molecule has 0 fully saturated rings. The topological polar surface area (TPSA) is 86.8 Å². The molecule has 2 amide bonds. The molecule has 0 bridgehead atoms. The SMILES string of the molecule is CCCNC(=O)[C@@H](C)N(Cc1ccc(Cl)c(Cl)c1)C(=O)CN(c1ccc(C)cc1)S(=O)(=O)c1ccc(Cl)cc1. The predicted octanol–water partition coefficient (Wildman–Crippen LogP) is 6.09. The Hall–Kier alpha value is -2.78. The van der Waals surface area contributed by atoms with Crippen molar-refractivity contribution in [3.05, 3.63) is 92.9 Å². The maximum Gasteiger partial charge on any atom is 0.264 e. The van der Waals surface area contributed by atoms with Gasteiger partial charge in [-0.05, 0) is 74.4 Å². The second kappa shape index (κ2) is 13.5. The number of hydrogen-bond donors (Lipinski definition) is 1. The van der Waals surface area contributed by atoms with Crippen LogP contribution in [0.2, 0.25) is 15.1 Å². The Morgan fingerprint density at radius 3 is 2.15 bits per heavy atom. The van der Waals surface area contributed by atoms with Crippen molar-refractivity contribution in [2.45, 2.75) is 44.7 Å². The maximum atomic E-state index is 13.9. The molecular formula is C28H30Cl3N3O4S. The molecule has 11 heteroatoms. The van der Waals surface area contributed by atoms with Gasteiger partial charge in [0.05, 0.1) is 20.6 Å². The van der Waals surface area contributed by atoms with E-state index in [1.807, 2.05) is 13.8 Å². The minimum absolute atomic E-state index is 0.0131. The van der Waals surface area contributed by atoms with Gasteiger partial charge < -0.3 is 10.2 Å². The van der Waals surface area contributed by atoms with E-state index in [0.29, 0.717) is 32.9 Å². The number of hydrogen-bond acceptors (Lipinski definition) is 4. The lowest BCUT2D eigenvalue weighted by atomic mass is 10.1. The van der Waals surface area contributed by atoms with Crippen LogP contribution in [0.3, 0.4) is 0 Å². The second-order valence-electron chi connectivity index (χ2n) is 9.04. The normalized spacial score (nSPS) is 12.1. The van der Waals surface area contributed by atoms with Crippen LogP contribution in [-0.4, -0.2) is 44.3 Å². The number of nitrogens with one attached hydrogen (secondary N) is 1. The van der Waals surface area contributed by atoms with Gasteiger partial charge in [0.2, 0.25) is 11.8 Å². The first-order valence-electron chi connectivity index (χ1n) is 12.3. The molecule has 0 aromatic heterocycles. The average Bonchev–Trinajstić information content (AvgIpc) is 2.91. The third kappa shape index (κ3) is 7.88. The van der Waals surface area contributed by atoms with Crippen molar-refractivity contribution >= 4 is 62.3 Å². The van der Waals surface area contributed by atoms with Crippen LogP contribution in [0.15, 0.2) is 71.6 Å². The number of anilines is 1. The summed E-state index contributed by atoms with van der Waals surface area (Å²) in [5.74, 6) is -0.925. The molecule has 3 aromatic rings. The van der Waals surface area contributed by atoms with Crippen molar-refractivity contribution in [2.24, 2.45) is 0 Å². The number of nitrogens with zero attached hydrogens (tertiary/aromatic N) is 2. The number of carbonyl (C=O) groups is 2. The summed E-state index contributed by atoms with van der Waals surface area (Å²) in [7, 11) is -4.17. The summed E-state index contributed by atoms with van der Waals surface area (Å²) in [4.78, 5) is 28.1. The van der Waals surface area contributed by atoms with E-state index in [-0.39, 0.29) is 17.3 Å². The molecule has 0 unspecified atom stereocenters. The highest BCUT2D eigenvalue weighted by atomic mass is 35.5. The molecular weight excluding hydrogens is 581 g/mol. The molecule has 0 aliphatic heterocycles. The number of rotatable bonds is 11. The molecule has 3 rings (SSSR count). The third-order valence-electron chi connectivity index (χ3n) is 6.06. The van der Waals surface area contributed by atoms with Crippen LogP contribution in [0.4, 0.5) is 5.69 Å². The van der Waals surface area contributed by atoms with Gasteiger partial charge in [0, 0.05) is 18.1 Å². The molecule has 0 saturated carbocycles. The van der Waals surface area contributed by atoms with E-state index >= 15 is 0 Å².